The van der Waals surface area contributed by atoms with Crippen molar-refractivity contribution < 1.29 is 19.4 Å². The number of carbonyl (C=O) groups is 2. The maximum absolute atomic E-state index is 12.6. The molecule has 2 atom stereocenters. The topological polar surface area (TPSA) is 78.9 Å². The molecule has 0 bridgehead atoms. The Labute approximate surface area is 149 Å². The number of likely N-dealkylation sites (tertiary alicyclic amines) is 1. The molecule has 2 rings (SSSR count). The molecule has 25 heavy (non-hydrogen) atoms. The lowest BCUT2D eigenvalue weighted by Gasteiger charge is -2.25. The second-order valence-corrected chi connectivity index (χ2v) is 6.95. The zero-order chi connectivity index (χ0) is 18.4. The van der Waals surface area contributed by atoms with Gasteiger partial charge in [-0.1, -0.05) is 31.9 Å². The lowest BCUT2D eigenvalue weighted by atomic mass is 9.90. The number of carbonyl (C=O) groups excluding carboxylic acids is 1. The lowest BCUT2D eigenvalue weighted by molar-refractivity contribution is -0.147. The van der Waals surface area contributed by atoms with Crippen LogP contribution in [0.25, 0.3) is 0 Å². The molecule has 1 aromatic carbocycles. The van der Waals surface area contributed by atoms with Crippen LogP contribution in [-0.2, 0) is 4.79 Å². The third-order valence-corrected chi connectivity index (χ3v) is 4.94. The Bertz CT molecular complexity index is 602. The van der Waals surface area contributed by atoms with Crippen molar-refractivity contribution in [1.82, 2.24) is 10.2 Å². The van der Waals surface area contributed by atoms with E-state index in [2.05, 4.69) is 12.2 Å². The molecule has 2 unspecified atom stereocenters. The van der Waals surface area contributed by atoms with Gasteiger partial charge in [-0.3, -0.25) is 4.79 Å². The third kappa shape index (κ3) is 4.65. The number of methoxy groups -OCH3 is 1. The Kier molecular flexibility index (Phi) is 6.28. The fourth-order valence-electron chi connectivity index (χ4n) is 3.12. The highest BCUT2D eigenvalue weighted by molar-refractivity contribution is 5.79. The molecule has 6 heteroatoms. The predicted octanol–water partition coefficient (Wildman–Crippen LogP) is 3.43. The molecular formula is C19H28N2O4. The lowest BCUT2D eigenvalue weighted by Crippen LogP contribution is -2.42. The molecule has 2 amide bonds. The third-order valence-electron chi connectivity index (χ3n) is 4.94. The van der Waals surface area contributed by atoms with E-state index < -0.39 is 11.4 Å². The van der Waals surface area contributed by atoms with Crippen molar-refractivity contribution in [3.8, 4) is 5.75 Å². The number of hydrogen-bond acceptors (Lipinski definition) is 3. The molecule has 0 radical (unpaired) electrons. The van der Waals surface area contributed by atoms with Gasteiger partial charge < -0.3 is 20.1 Å². The van der Waals surface area contributed by atoms with Crippen LogP contribution in [0.3, 0.4) is 0 Å². The van der Waals surface area contributed by atoms with Gasteiger partial charge in [0, 0.05) is 13.1 Å². The number of nitrogens with one attached hydrogen (secondary N) is 1. The van der Waals surface area contributed by atoms with Crippen molar-refractivity contribution in [2.75, 3.05) is 20.2 Å². The predicted molar refractivity (Wildman–Crippen MR) is 95.7 cm³/mol. The monoisotopic (exact) mass is 348 g/mol. The summed E-state index contributed by atoms with van der Waals surface area (Å²) >= 11 is 0. The molecule has 1 aliphatic heterocycles. The minimum Gasteiger partial charge on any atom is -0.497 e. The van der Waals surface area contributed by atoms with E-state index in [1.165, 1.54) is 0 Å². The van der Waals surface area contributed by atoms with Crippen LogP contribution in [0, 0.1) is 5.41 Å². The van der Waals surface area contributed by atoms with Crippen LogP contribution in [0.4, 0.5) is 4.79 Å². The molecule has 6 nitrogen and oxygen atoms in total. The molecule has 1 saturated heterocycles. The van der Waals surface area contributed by atoms with Crippen LogP contribution >= 0.6 is 0 Å². The highest BCUT2D eigenvalue weighted by atomic mass is 16.5. The first-order chi connectivity index (χ1) is 11.9. The number of amides is 2. The van der Waals surface area contributed by atoms with Crippen molar-refractivity contribution in [3.63, 3.8) is 0 Å². The highest BCUT2D eigenvalue weighted by Crippen LogP contribution is 2.30. The molecule has 1 aliphatic rings. The number of nitrogens with zero attached hydrogens (tertiary/aromatic N) is 1. The molecule has 0 spiro atoms. The van der Waals surface area contributed by atoms with Crippen LogP contribution in [0.1, 0.15) is 51.1 Å². The molecule has 0 saturated carbocycles. The average Bonchev–Trinajstić information content (AvgIpc) is 3.02. The maximum Gasteiger partial charge on any atom is 0.317 e. The second-order valence-electron chi connectivity index (χ2n) is 6.95. The van der Waals surface area contributed by atoms with Crippen LogP contribution in [0.2, 0.25) is 0 Å². The molecule has 1 aromatic rings. The molecule has 0 aromatic heterocycles. The quantitative estimate of drug-likeness (QED) is 0.791. The zero-order valence-corrected chi connectivity index (χ0v) is 15.2. The smallest absolute Gasteiger partial charge is 0.317 e. The number of unbranched alkanes of at least 4 members (excludes halogenated alkanes) is 1. The number of urea groups is 1. The fourth-order valence-corrected chi connectivity index (χ4v) is 3.12. The largest absolute Gasteiger partial charge is 0.497 e. The Balaban J connectivity index is 2.06. The summed E-state index contributed by atoms with van der Waals surface area (Å²) < 4.78 is 5.19. The Hall–Kier alpha value is -2.24. The van der Waals surface area contributed by atoms with E-state index in [1.807, 2.05) is 24.3 Å². The van der Waals surface area contributed by atoms with Crippen LogP contribution in [-0.4, -0.2) is 42.2 Å². The van der Waals surface area contributed by atoms with Crippen molar-refractivity contribution >= 4 is 12.0 Å². The van der Waals surface area contributed by atoms with E-state index in [1.54, 1.807) is 18.9 Å². The van der Waals surface area contributed by atoms with Gasteiger partial charge in [0.15, 0.2) is 0 Å². The molecular weight excluding hydrogens is 320 g/mol. The van der Waals surface area contributed by atoms with Gasteiger partial charge in [0.2, 0.25) is 0 Å². The number of aliphatic carboxylic acids is 1. The van der Waals surface area contributed by atoms with Gasteiger partial charge in [-0.25, -0.2) is 4.79 Å². The first-order valence-corrected chi connectivity index (χ1v) is 8.82. The summed E-state index contributed by atoms with van der Waals surface area (Å²) in [4.78, 5) is 25.6. The second kappa shape index (κ2) is 8.23. The number of carboxylic acids is 1. The summed E-state index contributed by atoms with van der Waals surface area (Å²) in [6.07, 6.45) is 3.38. The van der Waals surface area contributed by atoms with Gasteiger partial charge >= 0.3 is 12.0 Å². The van der Waals surface area contributed by atoms with Crippen LogP contribution < -0.4 is 10.1 Å². The number of carboxylic acid groups (broad SMARTS) is 1. The zero-order valence-electron chi connectivity index (χ0n) is 15.2. The van der Waals surface area contributed by atoms with Crippen molar-refractivity contribution in [2.45, 2.75) is 45.6 Å². The first kappa shape index (κ1) is 19.1. The van der Waals surface area contributed by atoms with Gasteiger partial charge in [0.05, 0.1) is 18.6 Å². The first-order valence-electron chi connectivity index (χ1n) is 8.82. The summed E-state index contributed by atoms with van der Waals surface area (Å²) in [6, 6.07) is 7.42. The molecule has 2 N–H and O–H groups in total. The van der Waals surface area contributed by atoms with E-state index in [4.69, 9.17) is 4.74 Å². The normalized spacial score (nSPS) is 21.0. The van der Waals surface area contributed by atoms with Crippen LogP contribution in [0.15, 0.2) is 24.3 Å². The van der Waals surface area contributed by atoms with E-state index in [-0.39, 0.29) is 18.6 Å². The van der Waals surface area contributed by atoms with Crippen LogP contribution in [0.5, 0.6) is 5.75 Å². The van der Waals surface area contributed by atoms with Gasteiger partial charge in [-0.05, 0) is 37.5 Å². The summed E-state index contributed by atoms with van der Waals surface area (Å²) in [5.41, 5.74) is 0.180. The standard InChI is InChI=1S/C19H28N2O4/c1-4-5-6-16(14-7-9-15(25-3)10-8-14)20-18(24)21-12-11-19(2,13-21)17(22)23/h7-10,16H,4-6,11-13H2,1-3H3,(H,20,24)(H,22,23). The van der Waals surface area contributed by atoms with E-state index in [0.717, 1.165) is 30.6 Å². The summed E-state index contributed by atoms with van der Waals surface area (Å²) in [5.74, 6) is -0.0680. The molecule has 1 heterocycles. The number of rotatable bonds is 7. The minimum atomic E-state index is -0.851. The highest BCUT2D eigenvalue weighted by Gasteiger charge is 2.42. The minimum absolute atomic E-state index is 0.0879. The fraction of sp³-hybridized carbons (Fsp3) is 0.579. The Morgan fingerprint density at radius 1 is 1.36 bits per heavy atom. The van der Waals surface area contributed by atoms with E-state index >= 15 is 0 Å². The average molecular weight is 348 g/mol. The van der Waals surface area contributed by atoms with Gasteiger partial charge in [0.1, 0.15) is 5.75 Å². The maximum atomic E-state index is 12.6. The molecule has 0 aliphatic carbocycles. The van der Waals surface area contributed by atoms with Gasteiger partial charge in [0.25, 0.3) is 0 Å². The number of hydrogen-bond donors (Lipinski definition) is 2. The summed E-state index contributed by atoms with van der Waals surface area (Å²) in [6.45, 7) is 4.53. The van der Waals surface area contributed by atoms with Gasteiger partial charge in [-0.15, -0.1) is 0 Å². The SMILES string of the molecule is CCCCC(NC(=O)N1CCC(C)(C(=O)O)C1)c1ccc(OC)cc1. The summed E-state index contributed by atoms with van der Waals surface area (Å²) in [5, 5.41) is 12.4. The van der Waals surface area contributed by atoms with Crippen molar-refractivity contribution in [1.29, 1.82) is 0 Å². The molecule has 1 fully saturated rings. The van der Waals surface area contributed by atoms with Crippen molar-refractivity contribution in [3.05, 3.63) is 29.8 Å². The van der Waals surface area contributed by atoms with Gasteiger partial charge in [-0.2, -0.15) is 0 Å². The van der Waals surface area contributed by atoms with Crippen molar-refractivity contribution in [2.24, 2.45) is 5.41 Å². The van der Waals surface area contributed by atoms with E-state index in [0.29, 0.717) is 13.0 Å². The summed E-state index contributed by atoms with van der Waals surface area (Å²) in [7, 11) is 1.62. The van der Waals surface area contributed by atoms with E-state index in [9.17, 15) is 14.7 Å². The Morgan fingerprint density at radius 2 is 2.04 bits per heavy atom. The molecule has 138 valence electrons. The Morgan fingerprint density at radius 3 is 2.56 bits per heavy atom. The number of ether oxygens (including phenoxy) is 1. The number of benzene rings is 1.